The number of primary amides is 1. The van der Waals surface area contributed by atoms with Crippen LogP contribution in [0.2, 0.25) is 0 Å². The fourth-order valence-corrected chi connectivity index (χ4v) is 1.35. The van der Waals surface area contributed by atoms with Crippen LogP contribution in [0.4, 0.5) is 0 Å². The predicted molar refractivity (Wildman–Crippen MR) is 44.7 cm³/mol. The SMILES string of the molecule is NC(=O)c1ncccc1C1CC1. The topological polar surface area (TPSA) is 56.0 Å². The van der Waals surface area contributed by atoms with Crippen molar-refractivity contribution in [3.05, 3.63) is 29.6 Å². The van der Waals surface area contributed by atoms with E-state index in [-0.39, 0.29) is 0 Å². The number of aromatic nitrogens is 1. The maximum Gasteiger partial charge on any atom is 0.267 e. The molecule has 0 aromatic carbocycles. The molecule has 3 heteroatoms. The van der Waals surface area contributed by atoms with Gasteiger partial charge in [-0.1, -0.05) is 6.07 Å². The van der Waals surface area contributed by atoms with Crippen molar-refractivity contribution in [2.45, 2.75) is 18.8 Å². The molecule has 1 heterocycles. The number of nitrogens with zero attached hydrogens (tertiary/aromatic N) is 1. The van der Waals surface area contributed by atoms with Crippen molar-refractivity contribution in [3.63, 3.8) is 0 Å². The van der Waals surface area contributed by atoms with Gasteiger partial charge in [-0.15, -0.1) is 0 Å². The van der Waals surface area contributed by atoms with Crippen molar-refractivity contribution in [1.82, 2.24) is 4.98 Å². The number of pyridine rings is 1. The molecule has 0 atom stereocenters. The van der Waals surface area contributed by atoms with Gasteiger partial charge in [-0.05, 0) is 30.4 Å². The van der Waals surface area contributed by atoms with Gasteiger partial charge in [-0.25, -0.2) is 0 Å². The number of rotatable bonds is 2. The van der Waals surface area contributed by atoms with Crippen LogP contribution in [0, 0.1) is 0 Å². The average Bonchev–Trinajstić information content (AvgIpc) is 2.87. The lowest BCUT2D eigenvalue weighted by atomic mass is 10.1. The maximum absolute atomic E-state index is 10.9. The van der Waals surface area contributed by atoms with Crippen LogP contribution in [0.1, 0.15) is 34.8 Å². The molecule has 1 aliphatic rings. The van der Waals surface area contributed by atoms with Gasteiger partial charge in [0.2, 0.25) is 0 Å². The summed E-state index contributed by atoms with van der Waals surface area (Å²) in [5.74, 6) is 0.110. The molecule has 1 aromatic heterocycles. The number of hydrogen-bond donors (Lipinski definition) is 1. The normalized spacial score (nSPS) is 16.0. The van der Waals surface area contributed by atoms with Crippen LogP contribution >= 0.6 is 0 Å². The number of nitrogens with two attached hydrogens (primary N) is 1. The van der Waals surface area contributed by atoms with Crippen LogP contribution in [0.15, 0.2) is 18.3 Å². The first-order valence-electron chi connectivity index (χ1n) is 4.04. The first kappa shape index (κ1) is 7.28. The molecule has 0 unspecified atom stereocenters. The zero-order chi connectivity index (χ0) is 8.55. The largest absolute Gasteiger partial charge is 0.364 e. The van der Waals surface area contributed by atoms with E-state index < -0.39 is 5.91 Å². The van der Waals surface area contributed by atoms with Crippen molar-refractivity contribution in [1.29, 1.82) is 0 Å². The minimum atomic E-state index is -0.419. The minimum Gasteiger partial charge on any atom is -0.364 e. The summed E-state index contributed by atoms with van der Waals surface area (Å²) in [5, 5.41) is 0. The van der Waals surface area contributed by atoms with Gasteiger partial charge in [-0.2, -0.15) is 0 Å². The first-order chi connectivity index (χ1) is 5.79. The molecular weight excluding hydrogens is 152 g/mol. The molecule has 1 amide bonds. The zero-order valence-electron chi connectivity index (χ0n) is 6.66. The van der Waals surface area contributed by atoms with Crippen molar-refractivity contribution < 1.29 is 4.79 Å². The van der Waals surface area contributed by atoms with E-state index in [2.05, 4.69) is 4.98 Å². The van der Waals surface area contributed by atoms with Crippen LogP contribution in [0.3, 0.4) is 0 Å². The summed E-state index contributed by atoms with van der Waals surface area (Å²) < 4.78 is 0. The predicted octanol–water partition coefficient (Wildman–Crippen LogP) is 1.06. The molecule has 0 bridgehead atoms. The van der Waals surface area contributed by atoms with Crippen LogP contribution in [0.25, 0.3) is 0 Å². The number of carbonyl (C=O) groups excluding carboxylic acids is 1. The Labute approximate surface area is 70.6 Å². The van der Waals surface area contributed by atoms with E-state index >= 15 is 0 Å². The van der Waals surface area contributed by atoms with Crippen LogP contribution < -0.4 is 5.73 Å². The molecule has 12 heavy (non-hydrogen) atoms. The van der Waals surface area contributed by atoms with Crippen molar-refractivity contribution in [2.75, 3.05) is 0 Å². The molecule has 1 fully saturated rings. The highest BCUT2D eigenvalue weighted by Gasteiger charge is 2.27. The fraction of sp³-hybridized carbons (Fsp3) is 0.333. The van der Waals surface area contributed by atoms with E-state index in [9.17, 15) is 4.79 Å². The Morgan fingerprint density at radius 3 is 2.92 bits per heavy atom. The van der Waals surface area contributed by atoms with Crippen molar-refractivity contribution in [2.24, 2.45) is 5.73 Å². The lowest BCUT2D eigenvalue weighted by Gasteiger charge is -2.01. The number of carbonyl (C=O) groups is 1. The standard InChI is InChI=1S/C9H10N2O/c10-9(12)8-7(6-3-4-6)2-1-5-11-8/h1-2,5-6H,3-4H2,(H2,10,12). The highest BCUT2D eigenvalue weighted by Crippen LogP contribution is 2.40. The van der Waals surface area contributed by atoms with E-state index in [0.717, 1.165) is 18.4 Å². The van der Waals surface area contributed by atoms with Crippen molar-refractivity contribution in [3.8, 4) is 0 Å². The Bertz CT molecular complexity index is 318. The van der Waals surface area contributed by atoms with E-state index in [4.69, 9.17) is 5.73 Å². The molecule has 0 spiro atoms. The Hall–Kier alpha value is -1.38. The second-order valence-corrected chi connectivity index (χ2v) is 3.08. The Morgan fingerprint density at radius 2 is 2.33 bits per heavy atom. The third-order valence-electron chi connectivity index (χ3n) is 2.09. The van der Waals surface area contributed by atoms with Gasteiger partial charge < -0.3 is 5.73 Å². The smallest absolute Gasteiger partial charge is 0.267 e. The Balaban J connectivity index is 2.43. The number of hydrogen-bond acceptors (Lipinski definition) is 2. The minimum absolute atomic E-state index is 0.419. The second kappa shape index (κ2) is 2.59. The van der Waals surface area contributed by atoms with Crippen LogP contribution in [-0.2, 0) is 0 Å². The van der Waals surface area contributed by atoms with E-state index in [1.165, 1.54) is 0 Å². The van der Waals surface area contributed by atoms with Gasteiger partial charge in [0.05, 0.1) is 0 Å². The lowest BCUT2D eigenvalue weighted by molar-refractivity contribution is 0.0994. The average molecular weight is 162 g/mol. The first-order valence-corrected chi connectivity index (χ1v) is 4.04. The summed E-state index contributed by atoms with van der Waals surface area (Å²) in [5.41, 5.74) is 6.64. The third kappa shape index (κ3) is 1.18. The molecule has 62 valence electrons. The van der Waals surface area contributed by atoms with Gasteiger partial charge in [-0.3, -0.25) is 9.78 Å². The Kier molecular flexibility index (Phi) is 1.57. The van der Waals surface area contributed by atoms with Gasteiger partial charge >= 0.3 is 0 Å². The highest BCUT2D eigenvalue weighted by atomic mass is 16.1. The summed E-state index contributed by atoms with van der Waals surface area (Å²) in [7, 11) is 0. The summed E-state index contributed by atoms with van der Waals surface area (Å²) in [6, 6.07) is 3.78. The molecule has 0 aliphatic heterocycles. The lowest BCUT2D eigenvalue weighted by Crippen LogP contribution is -2.15. The highest BCUT2D eigenvalue weighted by molar-refractivity contribution is 5.92. The van der Waals surface area contributed by atoms with Crippen LogP contribution in [0.5, 0.6) is 0 Å². The zero-order valence-corrected chi connectivity index (χ0v) is 6.66. The van der Waals surface area contributed by atoms with E-state index in [1.807, 2.05) is 12.1 Å². The fourth-order valence-electron chi connectivity index (χ4n) is 1.35. The summed E-state index contributed by atoms with van der Waals surface area (Å²) in [6.07, 6.45) is 3.92. The van der Waals surface area contributed by atoms with E-state index in [1.54, 1.807) is 6.20 Å². The van der Waals surface area contributed by atoms with Gasteiger partial charge in [0.15, 0.2) is 0 Å². The third-order valence-corrected chi connectivity index (χ3v) is 2.09. The van der Waals surface area contributed by atoms with Gasteiger partial charge in [0.25, 0.3) is 5.91 Å². The molecule has 2 rings (SSSR count). The molecule has 1 saturated carbocycles. The summed E-state index contributed by atoms with van der Waals surface area (Å²) >= 11 is 0. The Morgan fingerprint density at radius 1 is 1.58 bits per heavy atom. The molecule has 0 radical (unpaired) electrons. The summed E-state index contributed by atoms with van der Waals surface area (Å²) in [4.78, 5) is 14.9. The quantitative estimate of drug-likeness (QED) is 0.706. The van der Waals surface area contributed by atoms with Gasteiger partial charge in [0, 0.05) is 6.20 Å². The van der Waals surface area contributed by atoms with Crippen LogP contribution in [-0.4, -0.2) is 10.9 Å². The van der Waals surface area contributed by atoms with E-state index in [0.29, 0.717) is 11.6 Å². The van der Waals surface area contributed by atoms with Crippen molar-refractivity contribution >= 4 is 5.91 Å². The molecule has 1 aromatic rings. The number of amides is 1. The molecule has 0 saturated heterocycles. The molecule has 2 N–H and O–H groups in total. The monoisotopic (exact) mass is 162 g/mol. The maximum atomic E-state index is 10.9. The molecular formula is C9H10N2O. The second-order valence-electron chi connectivity index (χ2n) is 3.08. The summed E-state index contributed by atoms with van der Waals surface area (Å²) in [6.45, 7) is 0. The molecule has 3 nitrogen and oxygen atoms in total. The molecule has 1 aliphatic carbocycles. The van der Waals surface area contributed by atoms with Gasteiger partial charge in [0.1, 0.15) is 5.69 Å².